The van der Waals surface area contributed by atoms with E-state index in [1.807, 2.05) is 109 Å². The Morgan fingerprint density at radius 2 is 1.64 bits per heavy atom. The summed E-state index contributed by atoms with van der Waals surface area (Å²) in [7, 11) is 0. The average Bonchev–Trinajstić information content (AvgIpc) is 3.34. The van der Waals surface area contributed by atoms with E-state index in [4.69, 9.17) is 0 Å². The molecule has 5 rings (SSSR count). The fourth-order valence-electron chi connectivity index (χ4n) is 3.99. The van der Waals surface area contributed by atoms with Crippen molar-refractivity contribution in [2.45, 2.75) is 18.1 Å². The third kappa shape index (κ3) is 5.45. The lowest BCUT2D eigenvalue weighted by Gasteiger charge is -2.17. The van der Waals surface area contributed by atoms with E-state index in [-0.39, 0.29) is 17.7 Å². The molecule has 1 heterocycles. The van der Waals surface area contributed by atoms with Crippen molar-refractivity contribution in [2.24, 2.45) is 0 Å². The van der Waals surface area contributed by atoms with Gasteiger partial charge in [-0.2, -0.15) is 0 Å². The Balaban J connectivity index is 1.35. The number of hydrogen-bond donors (Lipinski definition) is 2. The van der Waals surface area contributed by atoms with Crippen LogP contribution in [0.2, 0.25) is 0 Å². The van der Waals surface area contributed by atoms with E-state index in [1.54, 1.807) is 0 Å². The summed E-state index contributed by atoms with van der Waals surface area (Å²) < 4.78 is 3.03. The minimum Gasteiger partial charge on any atom is -0.375 e. The molecule has 0 aliphatic heterocycles. The van der Waals surface area contributed by atoms with Crippen molar-refractivity contribution in [2.75, 3.05) is 16.4 Å². The number of amides is 1. The molecule has 1 amide bonds. The van der Waals surface area contributed by atoms with Gasteiger partial charge in [-0.25, -0.2) is 0 Å². The first-order valence-electron chi connectivity index (χ1n) is 11.5. The first-order valence-corrected chi connectivity index (χ1v) is 13.3. The summed E-state index contributed by atoms with van der Waals surface area (Å²) in [6.07, 6.45) is 0. The molecule has 36 heavy (non-hydrogen) atoms. The molecule has 0 bridgehead atoms. The summed E-state index contributed by atoms with van der Waals surface area (Å²) in [6.45, 7) is 2.05. The molecule has 8 heteroatoms. The highest BCUT2D eigenvalue weighted by Gasteiger charge is 2.20. The summed E-state index contributed by atoms with van der Waals surface area (Å²) in [5.41, 5.74) is 2.73. The highest BCUT2D eigenvalue weighted by molar-refractivity contribution is 9.10. The zero-order valence-electron chi connectivity index (χ0n) is 19.6. The van der Waals surface area contributed by atoms with Gasteiger partial charge in [-0.15, -0.1) is 10.2 Å². The van der Waals surface area contributed by atoms with Gasteiger partial charge in [0.25, 0.3) is 0 Å². The quantitative estimate of drug-likeness (QED) is 0.199. The number of para-hydroxylation sites is 1. The molecule has 180 valence electrons. The number of aromatic nitrogens is 3. The molecule has 1 aromatic heterocycles. The Morgan fingerprint density at radius 3 is 2.44 bits per heavy atom. The molecule has 0 saturated heterocycles. The SMILES string of the molecule is C[C@@H](Nc1ccc(Br)cc1)c1nnc(SCC(=O)Nc2cccc3ccccc23)n1-c1ccccc1. The van der Waals surface area contributed by atoms with Gasteiger partial charge in [0.2, 0.25) is 5.91 Å². The maximum atomic E-state index is 12.9. The smallest absolute Gasteiger partial charge is 0.234 e. The van der Waals surface area contributed by atoms with Gasteiger partial charge in [-0.1, -0.05) is 82.3 Å². The predicted molar refractivity (Wildman–Crippen MR) is 151 cm³/mol. The van der Waals surface area contributed by atoms with Gasteiger partial charge >= 0.3 is 0 Å². The highest BCUT2D eigenvalue weighted by atomic mass is 79.9. The largest absolute Gasteiger partial charge is 0.375 e. The van der Waals surface area contributed by atoms with Crippen molar-refractivity contribution >= 4 is 55.7 Å². The summed E-state index contributed by atoms with van der Waals surface area (Å²) >= 11 is 4.84. The van der Waals surface area contributed by atoms with Gasteiger partial charge in [-0.3, -0.25) is 9.36 Å². The van der Waals surface area contributed by atoms with Crippen LogP contribution in [-0.4, -0.2) is 26.4 Å². The number of carbonyl (C=O) groups excluding carboxylic acids is 1. The number of nitrogens with one attached hydrogen (secondary N) is 2. The van der Waals surface area contributed by atoms with Crippen LogP contribution in [0.4, 0.5) is 11.4 Å². The predicted octanol–water partition coefficient (Wildman–Crippen LogP) is 7.09. The molecule has 0 unspecified atom stereocenters. The van der Waals surface area contributed by atoms with Crippen molar-refractivity contribution < 1.29 is 4.79 Å². The number of rotatable bonds is 8. The number of benzene rings is 4. The van der Waals surface area contributed by atoms with Gasteiger partial charge < -0.3 is 10.6 Å². The zero-order chi connectivity index (χ0) is 24.9. The van der Waals surface area contributed by atoms with Crippen molar-refractivity contribution in [3.8, 4) is 5.69 Å². The van der Waals surface area contributed by atoms with E-state index in [9.17, 15) is 4.79 Å². The average molecular weight is 559 g/mol. The number of halogens is 1. The Kier molecular flexibility index (Phi) is 7.34. The molecule has 1 atom stereocenters. The van der Waals surface area contributed by atoms with E-state index in [2.05, 4.69) is 36.8 Å². The second kappa shape index (κ2) is 11.0. The normalized spacial score (nSPS) is 11.8. The molecule has 2 N–H and O–H groups in total. The maximum Gasteiger partial charge on any atom is 0.234 e. The van der Waals surface area contributed by atoms with Crippen molar-refractivity contribution in [1.29, 1.82) is 0 Å². The molecule has 6 nitrogen and oxygen atoms in total. The lowest BCUT2D eigenvalue weighted by atomic mass is 10.1. The van der Waals surface area contributed by atoms with E-state index in [1.165, 1.54) is 11.8 Å². The molecule has 0 aliphatic carbocycles. The number of thioether (sulfide) groups is 1. The van der Waals surface area contributed by atoms with E-state index < -0.39 is 0 Å². The molecule has 0 aliphatic rings. The fraction of sp³-hybridized carbons (Fsp3) is 0.107. The minimum absolute atomic E-state index is 0.0958. The van der Waals surface area contributed by atoms with E-state index in [0.29, 0.717) is 5.16 Å². The van der Waals surface area contributed by atoms with Crippen LogP contribution in [0.15, 0.2) is 107 Å². The van der Waals surface area contributed by atoms with E-state index in [0.717, 1.165) is 38.1 Å². The summed E-state index contributed by atoms with van der Waals surface area (Å²) in [4.78, 5) is 12.9. The van der Waals surface area contributed by atoms with Gasteiger partial charge in [-0.05, 0) is 54.8 Å². The summed E-state index contributed by atoms with van der Waals surface area (Å²) in [6, 6.07) is 31.8. The highest BCUT2D eigenvalue weighted by Crippen LogP contribution is 2.28. The number of carbonyl (C=O) groups is 1. The van der Waals surface area contributed by atoms with Gasteiger partial charge in [0.05, 0.1) is 11.8 Å². The van der Waals surface area contributed by atoms with Crippen molar-refractivity contribution in [1.82, 2.24) is 14.8 Å². The van der Waals surface area contributed by atoms with Crippen LogP contribution in [-0.2, 0) is 4.79 Å². The van der Waals surface area contributed by atoms with Crippen LogP contribution < -0.4 is 10.6 Å². The topological polar surface area (TPSA) is 71.8 Å². The lowest BCUT2D eigenvalue weighted by Crippen LogP contribution is -2.16. The minimum atomic E-state index is -0.113. The fourth-order valence-corrected chi connectivity index (χ4v) is 5.01. The van der Waals surface area contributed by atoms with Crippen LogP contribution in [0.1, 0.15) is 18.8 Å². The summed E-state index contributed by atoms with van der Waals surface area (Å²) in [5, 5.41) is 18.2. The third-order valence-electron chi connectivity index (χ3n) is 5.68. The summed E-state index contributed by atoms with van der Waals surface area (Å²) in [5.74, 6) is 0.880. The molecule has 0 saturated carbocycles. The van der Waals surface area contributed by atoms with Gasteiger partial charge in [0.15, 0.2) is 11.0 Å². The Bertz CT molecular complexity index is 1480. The van der Waals surface area contributed by atoms with Gasteiger partial charge in [0.1, 0.15) is 0 Å². The first-order chi connectivity index (χ1) is 17.6. The van der Waals surface area contributed by atoms with Crippen LogP contribution >= 0.6 is 27.7 Å². The number of anilines is 2. The van der Waals surface area contributed by atoms with E-state index >= 15 is 0 Å². The lowest BCUT2D eigenvalue weighted by molar-refractivity contribution is -0.113. The van der Waals surface area contributed by atoms with Gasteiger partial charge in [0, 0.05) is 26.9 Å². The standard InChI is InChI=1S/C28H24BrN5OS/c1-19(30-22-16-14-21(29)15-17-22)27-32-33-28(34(27)23-10-3-2-4-11-23)36-18-26(35)31-25-13-7-9-20-8-5-6-12-24(20)25/h2-17,19,30H,18H2,1H3,(H,31,35)/t19-/m1/s1. The Morgan fingerprint density at radius 1 is 0.917 bits per heavy atom. The Labute approximate surface area is 222 Å². The van der Waals surface area contributed by atoms with Crippen LogP contribution in [0.3, 0.4) is 0 Å². The van der Waals surface area contributed by atoms with Crippen LogP contribution in [0.5, 0.6) is 0 Å². The number of nitrogens with zero attached hydrogens (tertiary/aromatic N) is 3. The maximum absolute atomic E-state index is 12.9. The molecular formula is C28H24BrN5OS. The molecule has 0 fully saturated rings. The van der Waals surface area contributed by atoms with Crippen LogP contribution in [0, 0.1) is 0 Å². The first kappa shape index (κ1) is 24.1. The molecule has 4 aromatic carbocycles. The molecule has 5 aromatic rings. The van der Waals surface area contributed by atoms with Crippen LogP contribution in [0.25, 0.3) is 16.5 Å². The number of fused-ring (bicyclic) bond motifs is 1. The molecule has 0 spiro atoms. The third-order valence-corrected chi connectivity index (χ3v) is 7.14. The molecule has 0 radical (unpaired) electrons. The Hall–Kier alpha value is -3.62. The number of hydrogen-bond acceptors (Lipinski definition) is 5. The molecular weight excluding hydrogens is 534 g/mol. The second-order valence-corrected chi connectivity index (χ2v) is 10.1. The van der Waals surface area contributed by atoms with Crippen molar-refractivity contribution in [3.05, 3.63) is 107 Å². The monoisotopic (exact) mass is 557 g/mol. The second-order valence-electron chi connectivity index (χ2n) is 8.25. The zero-order valence-corrected chi connectivity index (χ0v) is 22.0. The van der Waals surface area contributed by atoms with Crippen molar-refractivity contribution in [3.63, 3.8) is 0 Å².